The van der Waals surface area contributed by atoms with Gasteiger partial charge in [0.15, 0.2) is 6.54 Å². The highest BCUT2D eigenvalue weighted by Crippen LogP contribution is 2.09. The summed E-state index contributed by atoms with van der Waals surface area (Å²) in [6, 6.07) is 5.40. The standard InChI is InChI=1S/C12H17N3O4S/c1-15(2,3)9-12(16)14-13-8-10-5-4-6-11(7-10)20(17,18)19/h4-8H,9H2,1-3H3,(H-,14,16,17,18,19). The van der Waals surface area contributed by atoms with Gasteiger partial charge in [0, 0.05) is 0 Å². The molecular formula is C12H17N3O4S. The molecule has 110 valence electrons. The van der Waals surface area contributed by atoms with E-state index in [0.717, 1.165) is 0 Å². The van der Waals surface area contributed by atoms with Crippen LogP contribution in [-0.2, 0) is 14.9 Å². The van der Waals surface area contributed by atoms with Gasteiger partial charge in [-0.3, -0.25) is 4.79 Å². The maximum atomic E-state index is 11.5. The summed E-state index contributed by atoms with van der Waals surface area (Å²) in [4.78, 5) is 11.2. The highest BCUT2D eigenvalue weighted by molar-refractivity contribution is 7.85. The van der Waals surface area contributed by atoms with Crippen LogP contribution in [0.15, 0.2) is 34.3 Å². The molecule has 0 saturated carbocycles. The fraction of sp³-hybridized carbons (Fsp3) is 0.333. The second kappa shape index (κ2) is 6.12. The second-order valence-electron chi connectivity index (χ2n) is 5.27. The maximum absolute atomic E-state index is 11.5. The van der Waals surface area contributed by atoms with Crippen LogP contribution in [0.1, 0.15) is 5.56 Å². The van der Waals surface area contributed by atoms with Gasteiger partial charge < -0.3 is 9.04 Å². The lowest BCUT2D eigenvalue weighted by molar-refractivity contribution is -0.862. The number of likely N-dealkylation sites (N-methyl/N-ethyl adjacent to an activating group) is 1. The summed E-state index contributed by atoms with van der Waals surface area (Å²) < 4.78 is 33.0. The number of hydrazone groups is 1. The first-order valence-corrected chi connectivity index (χ1v) is 7.17. The Hall–Kier alpha value is -1.77. The van der Waals surface area contributed by atoms with Crippen molar-refractivity contribution in [3.8, 4) is 0 Å². The van der Waals surface area contributed by atoms with E-state index in [0.29, 0.717) is 10.0 Å². The van der Waals surface area contributed by atoms with E-state index >= 15 is 0 Å². The van der Waals surface area contributed by atoms with E-state index in [1.165, 1.54) is 24.4 Å². The fourth-order valence-electron chi connectivity index (χ4n) is 1.40. The molecule has 0 aliphatic heterocycles. The van der Waals surface area contributed by atoms with Crippen molar-refractivity contribution in [2.75, 3.05) is 27.7 Å². The number of amides is 1. The number of nitrogens with one attached hydrogen (secondary N) is 1. The molecule has 0 spiro atoms. The quantitative estimate of drug-likeness (QED) is 0.351. The molecule has 8 heteroatoms. The molecule has 0 radical (unpaired) electrons. The third-order valence-electron chi connectivity index (χ3n) is 2.17. The molecule has 20 heavy (non-hydrogen) atoms. The summed E-state index contributed by atoms with van der Waals surface area (Å²) in [5.41, 5.74) is 2.74. The number of rotatable bonds is 5. The van der Waals surface area contributed by atoms with Crippen molar-refractivity contribution in [1.82, 2.24) is 5.43 Å². The van der Waals surface area contributed by atoms with E-state index in [4.69, 9.17) is 0 Å². The Balaban J connectivity index is 2.70. The van der Waals surface area contributed by atoms with E-state index in [9.17, 15) is 17.8 Å². The molecule has 1 rings (SSSR count). The molecule has 0 saturated heterocycles. The number of carbonyl (C=O) groups is 1. The Morgan fingerprint density at radius 1 is 1.40 bits per heavy atom. The monoisotopic (exact) mass is 299 g/mol. The van der Waals surface area contributed by atoms with Crippen molar-refractivity contribution < 1.29 is 22.2 Å². The fourth-order valence-corrected chi connectivity index (χ4v) is 1.92. The van der Waals surface area contributed by atoms with E-state index in [1.807, 2.05) is 21.1 Å². The van der Waals surface area contributed by atoms with Crippen LogP contribution in [0.4, 0.5) is 0 Å². The van der Waals surface area contributed by atoms with Crippen molar-refractivity contribution in [2.24, 2.45) is 5.10 Å². The summed E-state index contributed by atoms with van der Waals surface area (Å²) in [6.07, 6.45) is 1.28. The molecule has 0 aliphatic rings. The van der Waals surface area contributed by atoms with Gasteiger partial charge in [0.1, 0.15) is 10.1 Å². The first kappa shape index (κ1) is 16.3. The van der Waals surface area contributed by atoms with Gasteiger partial charge in [0.05, 0.1) is 32.3 Å². The van der Waals surface area contributed by atoms with Crippen LogP contribution in [0.3, 0.4) is 0 Å². The average Bonchev–Trinajstić information content (AvgIpc) is 2.25. The van der Waals surface area contributed by atoms with Crippen molar-refractivity contribution in [2.45, 2.75) is 4.90 Å². The Morgan fingerprint density at radius 2 is 2.05 bits per heavy atom. The third-order valence-corrected chi connectivity index (χ3v) is 3.00. The summed E-state index contributed by atoms with van der Waals surface area (Å²) in [5, 5.41) is 3.72. The lowest BCUT2D eigenvalue weighted by Gasteiger charge is -2.21. The molecule has 0 fully saturated rings. The topological polar surface area (TPSA) is 98.7 Å². The summed E-state index contributed by atoms with van der Waals surface area (Å²) >= 11 is 0. The van der Waals surface area contributed by atoms with Gasteiger partial charge in [-0.25, -0.2) is 13.8 Å². The van der Waals surface area contributed by atoms with Gasteiger partial charge >= 0.3 is 0 Å². The maximum Gasteiger partial charge on any atom is 0.295 e. The van der Waals surface area contributed by atoms with E-state index in [-0.39, 0.29) is 17.3 Å². The smallest absolute Gasteiger partial charge is 0.295 e. The van der Waals surface area contributed by atoms with Crippen LogP contribution >= 0.6 is 0 Å². The first-order chi connectivity index (χ1) is 9.08. The van der Waals surface area contributed by atoms with Gasteiger partial charge in [-0.2, -0.15) is 5.10 Å². The SMILES string of the molecule is C[N+](C)(C)CC(=O)NN=Cc1cccc(S(=O)(=O)[O-])c1. The minimum atomic E-state index is -4.49. The van der Waals surface area contributed by atoms with Gasteiger partial charge in [-0.05, 0) is 17.7 Å². The molecule has 0 bridgehead atoms. The molecule has 0 aromatic heterocycles. The van der Waals surface area contributed by atoms with Gasteiger partial charge in [0.2, 0.25) is 0 Å². The lowest BCUT2D eigenvalue weighted by atomic mass is 10.2. The number of hydrogen-bond acceptors (Lipinski definition) is 5. The highest BCUT2D eigenvalue weighted by Gasteiger charge is 2.13. The van der Waals surface area contributed by atoms with Crippen molar-refractivity contribution in [3.63, 3.8) is 0 Å². The summed E-state index contributed by atoms with van der Waals surface area (Å²) in [7, 11) is 1.11. The van der Waals surface area contributed by atoms with Gasteiger partial charge in [-0.15, -0.1) is 0 Å². The molecule has 1 aromatic rings. The highest BCUT2D eigenvalue weighted by atomic mass is 32.2. The molecule has 0 heterocycles. The predicted molar refractivity (Wildman–Crippen MR) is 73.0 cm³/mol. The largest absolute Gasteiger partial charge is 0.744 e. The van der Waals surface area contributed by atoms with Gasteiger partial charge in [-0.1, -0.05) is 12.1 Å². The van der Waals surface area contributed by atoms with Gasteiger partial charge in [0.25, 0.3) is 5.91 Å². The zero-order chi connectivity index (χ0) is 15.4. The molecule has 0 unspecified atom stereocenters. The predicted octanol–water partition coefficient (Wildman–Crippen LogP) is -0.253. The van der Waals surface area contributed by atoms with Crippen LogP contribution in [0.2, 0.25) is 0 Å². The molecule has 0 aliphatic carbocycles. The molecule has 7 nitrogen and oxygen atoms in total. The Kier molecular flexibility index (Phi) is 4.98. The molecule has 0 atom stereocenters. The number of nitrogens with zero attached hydrogens (tertiary/aromatic N) is 2. The summed E-state index contributed by atoms with van der Waals surface area (Å²) in [5.74, 6) is -0.263. The number of carbonyl (C=O) groups excluding carboxylic acids is 1. The minimum Gasteiger partial charge on any atom is -0.744 e. The number of benzene rings is 1. The molecule has 1 N–H and O–H groups in total. The molecule has 1 aromatic carbocycles. The Labute approximate surface area is 118 Å². The van der Waals surface area contributed by atoms with E-state index in [2.05, 4.69) is 10.5 Å². The molecule has 1 amide bonds. The Bertz CT molecular complexity index is 618. The van der Waals surface area contributed by atoms with Crippen molar-refractivity contribution in [1.29, 1.82) is 0 Å². The number of quaternary nitrogens is 1. The Morgan fingerprint density at radius 3 is 2.60 bits per heavy atom. The van der Waals surface area contributed by atoms with Crippen LogP contribution in [0, 0.1) is 0 Å². The minimum absolute atomic E-state index is 0.256. The first-order valence-electron chi connectivity index (χ1n) is 5.76. The normalized spacial score (nSPS) is 12.6. The van der Waals surface area contributed by atoms with Crippen LogP contribution in [0.5, 0.6) is 0 Å². The van der Waals surface area contributed by atoms with Crippen LogP contribution in [0.25, 0.3) is 0 Å². The number of hydrogen-bond donors (Lipinski definition) is 1. The van der Waals surface area contributed by atoms with Crippen molar-refractivity contribution >= 4 is 22.2 Å². The summed E-state index contributed by atoms with van der Waals surface area (Å²) in [6.45, 7) is 0.256. The zero-order valence-electron chi connectivity index (χ0n) is 11.5. The lowest BCUT2D eigenvalue weighted by Crippen LogP contribution is -2.43. The van der Waals surface area contributed by atoms with Crippen LogP contribution in [-0.4, -0.2) is 57.3 Å². The molecular weight excluding hydrogens is 282 g/mol. The van der Waals surface area contributed by atoms with E-state index in [1.54, 1.807) is 6.07 Å². The van der Waals surface area contributed by atoms with Crippen molar-refractivity contribution in [3.05, 3.63) is 29.8 Å². The van der Waals surface area contributed by atoms with Crippen LogP contribution < -0.4 is 5.43 Å². The zero-order valence-corrected chi connectivity index (χ0v) is 12.3. The second-order valence-corrected chi connectivity index (χ2v) is 6.65. The average molecular weight is 299 g/mol. The van der Waals surface area contributed by atoms with E-state index < -0.39 is 10.1 Å². The third kappa shape index (κ3) is 5.91.